The Morgan fingerprint density at radius 3 is 2.65 bits per heavy atom. The minimum absolute atomic E-state index is 0.438. The minimum atomic E-state index is 0.438. The summed E-state index contributed by atoms with van der Waals surface area (Å²) in [7, 11) is 1.56. The van der Waals surface area contributed by atoms with Gasteiger partial charge in [0.25, 0.3) is 0 Å². The Kier molecular flexibility index (Phi) is 5.52. The lowest BCUT2D eigenvalue weighted by Gasteiger charge is -2.11. The number of aromatic nitrogens is 2. The standard InChI is InChI=1S/C12H22N4O/c1-4-5-6-7-8-14-11-10(13)12(17-3)16-9(2)15-11/h4-8,13H2,1-3H3,(H,14,15,16). The maximum Gasteiger partial charge on any atom is 0.242 e. The number of hydrogen-bond donors (Lipinski definition) is 2. The Morgan fingerprint density at radius 1 is 1.24 bits per heavy atom. The highest BCUT2D eigenvalue weighted by molar-refractivity contribution is 5.66. The van der Waals surface area contributed by atoms with Crippen LogP contribution in [0, 0.1) is 6.92 Å². The van der Waals surface area contributed by atoms with Crippen LogP contribution in [0.25, 0.3) is 0 Å². The summed E-state index contributed by atoms with van der Waals surface area (Å²) in [5.41, 5.74) is 6.37. The summed E-state index contributed by atoms with van der Waals surface area (Å²) in [4.78, 5) is 8.38. The highest BCUT2D eigenvalue weighted by Gasteiger charge is 2.09. The number of nitrogens with zero attached hydrogens (tertiary/aromatic N) is 2. The highest BCUT2D eigenvalue weighted by Crippen LogP contribution is 2.25. The predicted molar refractivity (Wildman–Crippen MR) is 70.4 cm³/mol. The van der Waals surface area contributed by atoms with Crippen molar-refractivity contribution in [2.45, 2.75) is 39.5 Å². The summed E-state index contributed by atoms with van der Waals surface area (Å²) >= 11 is 0. The number of rotatable bonds is 7. The molecule has 5 nitrogen and oxygen atoms in total. The number of aryl methyl sites for hydroxylation is 1. The Bertz CT molecular complexity index is 355. The third-order valence-electron chi connectivity index (χ3n) is 2.54. The smallest absolute Gasteiger partial charge is 0.242 e. The van der Waals surface area contributed by atoms with Crippen molar-refractivity contribution in [2.75, 3.05) is 24.7 Å². The number of methoxy groups -OCH3 is 1. The summed E-state index contributed by atoms with van der Waals surface area (Å²) in [5.74, 6) is 1.77. The number of nitrogens with two attached hydrogens (primary N) is 1. The van der Waals surface area contributed by atoms with Gasteiger partial charge < -0.3 is 15.8 Å². The molecule has 3 N–H and O–H groups in total. The van der Waals surface area contributed by atoms with E-state index in [1.807, 2.05) is 6.92 Å². The fraction of sp³-hybridized carbons (Fsp3) is 0.667. The summed E-state index contributed by atoms with van der Waals surface area (Å²) in [5, 5.41) is 3.23. The molecule has 17 heavy (non-hydrogen) atoms. The van der Waals surface area contributed by atoms with E-state index in [1.54, 1.807) is 7.11 Å². The molecule has 0 aromatic carbocycles. The van der Waals surface area contributed by atoms with Gasteiger partial charge in [-0.25, -0.2) is 4.98 Å². The van der Waals surface area contributed by atoms with Gasteiger partial charge in [-0.05, 0) is 13.3 Å². The van der Waals surface area contributed by atoms with Crippen LogP contribution < -0.4 is 15.8 Å². The van der Waals surface area contributed by atoms with Crippen LogP contribution in [-0.2, 0) is 0 Å². The van der Waals surface area contributed by atoms with Gasteiger partial charge in [0, 0.05) is 6.54 Å². The molecule has 0 unspecified atom stereocenters. The summed E-state index contributed by atoms with van der Waals surface area (Å²) in [6, 6.07) is 0. The van der Waals surface area contributed by atoms with Crippen LogP contribution in [0.4, 0.5) is 11.5 Å². The molecule has 0 radical (unpaired) electrons. The molecule has 0 bridgehead atoms. The maximum atomic E-state index is 5.89. The van der Waals surface area contributed by atoms with Gasteiger partial charge in [-0.15, -0.1) is 0 Å². The Hall–Kier alpha value is -1.52. The molecule has 1 aromatic rings. The summed E-state index contributed by atoms with van der Waals surface area (Å²) < 4.78 is 5.10. The molecule has 0 aliphatic rings. The van der Waals surface area contributed by atoms with Crippen LogP contribution in [0.3, 0.4) is 0 Å². The molecule has 0 saturated carbocycles. The van der Waals surface area contributed by atoms with E-state index in [4.69, 9.17) is 10.5 Å². The van der Waals surface area contributed by atoms with E-state index in [0.717, 1.165) is 13.0 Å². The van der Waals surface area contributed by atoms with Gasteiger partial charge in [0.05, 0.1) is 7.11 Å². The van der Waals surface area contributed by atoms with Crippen LogP contribution in [0.15, 0.2) is 0 Å². The van der Waals surface area contributed by atoms with E-state index < -0.39 is 0 Å². The Balaban J connectivity index is 2.55. The first-order chi connectivity index (χ1) is 8.19. The first kappa shape index (κ1) is 13.5. The highest BCUT2D eigenvalue weighted by atomic mass is 16.5. The number of hydrogen-bond acceptors (Lipinski definition) is 5. The average molecular weight is 238 g/mol. The Morgan fingerprint density at radius 2 is 2.00 bits per heavy atom. The van der Waals surface area contributed by atoms with Crippen molar-refractivity contribution in [1.29, 1.82) is 0 Å². The van der Waals surface area contributed by atoms with Crippen molar-refractivity contribution in [1.82, 2.24) is 9.97 Å². The zero-order valence-electron chi connectivity index (χ0n) is 10.9. The molecule has 0 aliphatic carbocycles. The zero-order valence-corrected chi connectivity index (χ0v) is 10.9. The SMILES string of the molecule is CCCCCCNc1nc(C)nc(OC)c1N. The second-order valence-electron chi connectivity index (χ2n) is 4.03. The van der Waals surface area contributed by atoms with Crippen LogP contribution in [-0.4, -0.2) is 23.6 Å². The molecule has 0 saturated heterocycles. The fourth-order valence-electron chi connectivity index (χ4n) is 1.60. The molecule has 0 atom stereocenters. The number of anilines is 2. The normalized spacial score (nSPS) is 10.3. The van der Waals surface area contributed by atoms with E-state index in [9.17, 15) is 0 Å². The van der Waals surface area contributed by atoms with E-state index in [-0.39, 0.29) is 0 Å². The van der Waals surface area contributed by atoms with Crippen LogP contribution in [0.5, 0.6) is 5.88 Å². The third kappa shape index (κ3) is 4.09. The van der Waals surface area contributed by atoms with Crippen molar-refractivity contribution >= 4 is 11.5 Å². The molecule has 5 heteroatoms. The lowest BCUT2D eigenvalue weighted by Crippen LogP contribution is -2.09. The van der Waals surface area contributed by atoms with Gasteiger partial charge in [0.1, 0.15) is 11.5 Å². The van der Waals surface area contributed by atoms with Crippen molar-refractivity contribution in [3.05, 3.63) is 5.82 Å². The van der Waals surface area contributed by atoms with Gasteiger partial charge >= 0.3 is 0 Å². The number of unbranched alkanes of at least 4 members (excludes halogenated alkanes) is 3. The topological polar surface area (TPSA) is 73.1 Å². The summed E-state index contributed by atoms with van der Waals surface area (Å²) in [6.45, 7) is 4.90. The molecule has 0 amide bonds. The monoisotopic (exact) mass is 238 g/mol. The number of nitrogen functional groups attached to an aromatic ring is 1. The van der Waals surface area contributed by atoms with Crippen LogP contribution in [0.2, 0.25) is 0 Å². The fourth-order valence-corrected chi connectivity index (χ4v) is 1.60. The third-order valence-corrected chi connectivity index (χ3v) is 2.54. The molecule has 1 rings (SSSR count). The molecule has 0 aliphatic heterocycles. The van der Waals surface area contributed by atoms with Crippen LogP contribution >= 0.6 is 0 Å². The predicted octanol–water partition coefficient (Wildman–Crippen LogP) is 2.37. The molecular formula is C12H22N4O. The van der Waals surface area contributed by atoms with E-state index in [0.29, 0.717) is 23.2 Å². The van der Waals surface area contributed by atoms with Crippen LogP contribution in [0.1, 0.15) is 38.4 Å². The van der Waals surface area contributed by atoms with Crippen molar-refractivity contribution < 1.29 is 4.74 Å². The maximum absolute atomic E-state index is 5.89. The van der Waals surface area contributed by atoms with E-state index in [1.165, 1.54) is 19.3 Å². The van der Waals surface area contributed by atoms with Crippen molar-refractivity contribution in [3.8, 4) is 5.88 Å². The van der Waals surface area contributed by atoms with Gasteiger partial charge in [-0.3, -0.25) is 0 Å². The van der Waals surface area contributed by atoms with Crippen molar-refractivity contribution in [3.63, 3.8) is 0 Å². The van der Waals surface area contributed by atoms with Gasteiger partial charge in [0.15, 0.2) is 5.82 Å². The molecular weight excluding hydrogens is 216 g/mol. The minimum Gasteiger partial charge on any atom is -0.479 e. The van der Waals surface area contributed by atoms with E-state index in [2.05, 4.69) is 22.2 Å². The lowest BCUT2D eigenvalue weighted by atomic mass is 10.2. The molecule has 0 spiro atoms. The Labute approximate surface area is 103 Å². The lowest BCUT2D eigenvalue weighted by molar-refractivity contribution is 0.398. The molecule has 1 heterocycles. The molecule has 0 fully saturated rings. The van der Waals surface area contributed by atoms with Crippen molar-refractivity contribution in [2.24, 2.45) is 0 Å². The molecule has 1 aromatic heterocycles. The second-order valence-corrected chi connectivity index (χ2v) is 4.03. The zero-order chi connectivity index (χ0) is 12.7. The molecule has 96 valence electrons. The first-order valence-corrected chi connectivity index (χ1v) is 6.11. The van der Waals surface area contributed by atoms with E-state index >= 15 is 0 Å². The largest absolute Gasteiger partial charge is 0.479 e. The second kappa shape index (κ2) is 6.93. The number of nitrogens with one attached hydrogen (secondary N) is 1. The quantitative estimate of drug-likeness (QED) is 0.713. The number of ether oxygens (including phenoxy) is 1. The average Bonchev–Trinajstić information content (AvgIpc) is 2.32. The van der Waals surface area contributed by atoms with Gasteiger partial charge in [-0.1, -0.05) is 26.2 Å². The van der Waals surface area contributed by atoms with Gasteiger partial charge in [-0.2, -0.15) is 4.98 Å². The first-order valence-electron chi connectivity index (χ1n) is 6.11. The summed E-state index contributed by atoms with van der Waals surface area (Å²) in [6.07, 6.45) is 4.86. The van der Waals surface area contributed by atoms with Gasteiger partial charge in [0.2, 0.25) is 5.88 Å².